The number of ether oxygens (including phenoxy) is 2. The number of carbonyl (C=O) groups is 2. The molecule has 2 amide bonds. The fraction of sp³-hybridized carbons (Fsp3) is 0.0909. The molecule has 3 rings (SSSR count). The van der Waals surface area contributed by atoms with Crippen molar-refractivity contribution in [3.63, 3.8) is 0 Å². The summed E-state index contributed by atoms with van der Waals surface area (Å²) in [6.07, 6.45) is 0. The summed E-state index contributed by atoms with van der Waals surface area (Å²) < 4.78 is 23.9. The molecule has 154 valence electrons. The highest BCUT2D eigenvalue weighted by Crippen LogP contribution is 2.29. The molecule has 0 unspecified atom stereocenters. The Kier molecular flexibility index (Phi) is 7.24. The highest BCUT2D eigenvalue weighted by atomic mass is 35.5. The van der Waals surface area contributed by atoms with E-state index in [1.807, 2.05) is 42.5 Å². The van der Waals surface area contributed by atoms with Crippen LogP contribution in [0.2, 0.25) is 5.02 Å². The number of halogens is 2. The highest BCUT2D eigenvalue weighted by molar-refractivity contribution is 6.30. The van der Waals surface area contributed by atoms with Crippen molar-refractivity contribution in [2.45, 2.75) is 0 Å². The van der Waals surface area contributed by atoms with E-state index in [1.165, 1.54) is 12.1 Å². The van der Waals surface area contributed by atoms with E-state index in [0.717, 1.165) is 17.2 Å². The molecule has 2 N–H and O–H groups in total. The SMILES string of the molecule is O=C(COc1ccc(F)c(Cl)c1)NNC(=O)COc1ccccc1-c1ccccc1. The normalized spacial score (nSPS) is 10.2. The summed E-state index contributed by atoms with van der Waals surface area (Å²) in [4.78, 5) is 23.8. The first-order valence-corrected chi connectivity index (χ1v) is 9.33. The first-order valence-electron chi connectivity index (χ1n) is 8.95. The minimum absolute atomic E-state index is 0.117. The van der Waals surface area contributed by atoms with Crippen LogP contribution in [0, 0.1) is 5.82 Å². The van der Waals surface area contributed by atoms with Crippen LogP contribution in [-0.4, -0.2) is 25.0 Å². The van der Waals surface area contributed by atoms with Crippen LogP contribution in [0.3, 0.4) is 0 Å². The number of rotatable bonds is 7. The fourth-order valence-electron chi connectivity index (χ4n) is 2.52. The predicted molar refractivity (Wildman–Crippen MR) is 111 cm³/mol. The lowest BCUT2D eigenvalue weighted by Crippen LogP contribution is -2.45. The van der Waals surface area contributed by atoms with Gasteiger partial charge in [-0.25, -0.2) is 4.39 Å². The van der Waals surface area contributed by atoms with Crippen molar-refractivity contribution in [1.82, 2.24) is 10.9 Å². The number of benzene rings is 3. The molecule has 0 fully saturated rings. The molecular formula is C22H18ClFN2O4. The second kappa shape index (κ2) is 10.3. The first-order chi connectivity index (χ1) is 14.5. The van der Waals surface area contributed by atoms with Crippen LogP contribution < -0.4 is 20.3 Å². The second-order valence-electron chi connectivity index (χ2n) is 6.11. The Labute approximate surface area is 177 Å². The first kappa shape index (κ1) is 21.1. The molecule has 0 saturated heterocycles. The van der Waals surface area contributed by atoms with Crippen molar-refractivity contribution in [2.24, 2.45) is 0 Å². The van der Waals surface area contributed by atoms with E-state index in [9.17, 15) is 14.0 Å². The zero-order valence-corrected chi connectivity index (χ0v) is 16.5. The number of hydrogen-bond donors (Lipinski definition) is 2. The Bertz CT molecular complexity index is 1030. The Morgan fingerprint density at radius 1 is 0.833 bits per heavy atom. The Morgan fingerprint density at radius 3 is 2.17 bits per heavy atom. The maximum atomic E-state index is 13.1. The van der Waals surface area contributed by atoms with Crippen molar-refractivity contribution in [2.75, 3.05) is 13.2 Å². The van der Waals surface area contributed by atoms with Crippen LogP contribution in [0.25, 0.3) is 11.1 Å². The molecule has 0 atom stereocenters. The largest absolute Gasteiger partial charge is 0.484 e. The number of hydrogen-bond acceptors (Lipinski definition) is 4. The monoisotopic (exact) mass is 428 g/mol. The van der Waals surface area contributed by atoms with E-state index in [2.05, 4.69) is 10.9 Å². The maximum absolute atomic E-state index is 13.1. The molecule has 30 heavy (non-hydrogen) atoms. The highest BCUT2D eigenvalue weighted by Gasteiger charge is 2.10. The third-order valence-electron chi connectivity index (χ3n) is 3.93. The molecule has 0 saturated carbocycles. The second-order valence-corrected chi connectivity index (χ2v) is 6.52. The van der Waals surface area contributed by atoms with Crippen LogP contribution in [0.4, 0.5) is 4.39 Å². The Morgan fingerprint density at radius 2 is 1.47 bits per heavy atom. The molecule has 0 spiro atoms. The molecule has 3 aromatic rings. The molecule has 6 nitrogen and oxygen atoms in total. The minimum Gasteiger partial charge on any atom is -0.484 e. The van der Waals surface area contributed by atoms with Crippen LogP contribution >= 0.6 is 11.6 Å². The average Bonchev–Trinajstić information content (AvgIpc) is 2.78. The van der Waals surface area contributed by atoms with Crippen LogP contribution in [0.1, 0.15) is 0 Å². The summed E-state index contributed by atoms with van der Waals surface area (Å²) in [6, 6.07) is 20.7. The van der Waals surface area contributed by atoms with Gasteiger partial charge in [-0.05, 0) is 23.8 Å². The van der Waals surface area contributed by atoms with E-state index in [0.29, 0.717) is 5.75 Å². The van der Waals surface area contributed by atoms with E-state index < -0.39 is 17.6 Å². The summed E-state index contributed by atoms with van der Waals surface area (Å²) in [5.41, 5.74) is 6.26. The van der Waals surface area contributed by atoms with Crippen LogP contribution in [0.15, 0.2) is 72.8 Å². The summed E-state index contributed by atoms with van der Waals surface area (Å²) in [7, 11) is 0. The molecule has 0 aromatic heterocycles. The smallest absolute Gasteiger partial charge is 0.276 e. The number of carbonyl (C=O) groups excluding carboxylic acids is 2. The molecule has 0 aliphatic heterocycles. The van der Waals surface area contributed by atoms with E-state index in [-0.39, 0.29) is 24.0 Å². The molecule has 0 bridgehead atoms. The molecular weight excluding hydrogens is 411 g/mol. The number of hydrazine groups is 1. The third kappa shape index (κ3) is 5.96. The van der Waals surface area contributed by atoms with Gasteiger partial charge in [-0.1, -0.05) is 60.1 Å². The minimum atomic E-state index is -0.603. The van der Waals surface area contributed by atoms with E-state index in [1.54, 1.807) is 12.1 Å². The lowest BCUT2D eigenvalue weighted by molar-refractivity contribution is -0.131. The molecule has 3 aromatic carbocycles. The van der Waals surface area contributed by atoms with Gasteiger partial charge in [0.05, 0.1) is 5.02 Å². The molecule has 0 aliphatic carbocycles. The zero-order valence-electron chi connectivity index (χ0n) is 15.7. The zero-order chi connectivity index (χ0) is 21.3. The van der Waals surface area contributed by atoms with Crippen molar-refractivity contribution < 1.29 is 23.5 Å². The van der Waals surface area contributed by atoms with Crippen molar-refractivity contribution >= 4 is 23.4 Å². The lowest BCUT2D eigenvalue weighted by Gasteiger charge is -2.12. The van der Waals surface area contributed by atoms with Crippen LogP contribution in [-0.2, 0) is 9.59 Å². The lowest BCUT2D eigenvalue weighted by atomic mass is 10.1. The van der Waals surface area contributed by atoms with Crippen molar-refractivity contribution in [3.05, 3.63) is 83.6 Å². The maximum Gasteiger partial charge on any atom is 0.276 e. The molecule has 0 radical (unpaired) electrons. The van der Waals surface area contributed by atoms with Gasteiger partial charge in [0.25, 0.3) is 11.8 Å². The third-order valence-corrected chi connectivity index (χ3v) is 4.22. The molecule has 0 heterocycles. The summed E-state index contributed by atoms with van der Waals surface area (Å²) in [6.45, 7) is -0.682. The van der Waals surface area contributed by atoms with Crippen molar-refractivity contribution in [1.29, 1.82) is 0 Å². The van der Waals surface area contributed by atoms with Gasteiger partial charge >= 0.3 is 0 Å². The van der Waals surface area contributed by atoms with Gasteiger partial charge in [-0.3, -0.25) is 20.4 Å². The van der Waals surface area contributed by atoms with E-state index in [4.69, 9.17) is 21.1 Å². The molecule has 0 aliphatic rings. The summed E-state index contributed by atoms with van der Waals surface area (Å²) in [5.74, 6) is -0.968. The average molecular weight is 429 g/mol. The number of amides is 2. The van der Waals surface area contributed by atoms with Gasteiger partial charge in [0, 0.05) is 11.6 Å². The quantitative estimate of drug-likeness (QED) is 0.562. The van der Waals surface area contributed by atoms with Gasteiger partial charge in [0.15, 0.2) is 13.2 Å². The predicted octanol–water partition coefficient (Wildman–Crippen LogP) is 3.75. The molecule has 8 heteroatoms. The number of nitrogens with one attached hydrogen (secondary N) is 2. The van der Waals surface area contributed by atoms with Gasteiger partial charge < -0.3 is 9.47 Å². The summed E-state index contributed by atoms with van der Waals surface area (Å²) in [5, 5.41) is -0.117. The Balaban J connectivity index is 1.45. The summed E-state index contributed by atoms with van der Waals surface area (Å²) >= 11 is 5.64. The van der Waals surface area contributed by atoms with Gasteiger partial charge in [-0.15, -0.1) is 0 Å². The van der Waals surface area contributed by atoms with Gasteiger partial charge in [0.1, 0.15) is 17.3 Å². The van der Waals surface area contributed by atoms with Crippen molar-refractivity contribution in [3.8, 4) is 22.6 Å². The Hall–Kier alpha value is -3.58. The van der Waals surface area contributed by atoms with E-state index >= 15 is 0 Å². The fourth-order valence-corrected chi connectivity index (χ4v) is 2.69. The van der Waals surface area contributed by atoms with Gasteiger partial charge in [-0.2, -0.15) is 0 Å². The van der Waals surface area contributed by atoms with Gasteiger partial charge in [0.2, 0.25) is 0 Å². The van der Waals surface area contributed by atoms with Crippen LogP contribution in [0.5, 0.6) is 11.5 Å². The standard InChI is InChI=1S/C22H18ClFN2O4/c23-18-12-16(10-11-19(18)24)29-13-21(27)25-26-22(28)14-30-20-9-5-4-8-17(20)15-6-2-1-3-7-15/h1-12H,13-14H2,(H,25,27)(H,26,28). The topological polar surface area (TPSA) is 76.7 Å². The number of para-hydroxylation sites is 1.